The third-order valence-corrected chi connectivity index (χ3v) is 0.977. The van der Waals surface area contributed by atoms with Crippen LogP contribution in [0.4, 0.5) is 4.79 Å². The van der Waals surface area contributed by atoms with Crippen LogP contribution in [0.15, 0.2) is 0 Å². The normalized spacial score (nSPS) is 9.00. The highest BCUT2D eigenvalue weighted by Gasteiger charge is 1.96. The molecule has 0 radical (unpaired) electrons. The fraction of sp³-hybridized carbons (Fsp3) is 0.833. The Morgan fingerprint density at radius 1 is 1.70 bits per heavy atom. The van der Waals surface area contributed by atoms with Crippen LogP contribution < -0.4 is 11.1 Å². The van der Waals surface area contributed by atoms with Gasteiger partial charge in [0, 0.05) is 0 Å². The predicted octanol–water partition coefficient (Wildman–Crippen LogP) is 0.429. The van der Waals surface area contributed by atoms with Gasteiger partial charge in [0.05, 0.1) is 13.3 Å². The molecule has 4 nitrogen and oxygen atoms in total. The monoisotopic (exact) mass is 146 g/mol. The molecule has 0 spiro atoms. The van der Waals surface area contributed by atoms with Crippen LogP contribution in [0.2, 0.25) is 0 Å². The number of rotatable bonds is 4. The fourth-order valence-electron chi connectivity index (χ4n) is 0.444. The minimum atomic E-state index is -0.434. The number of hydrogen-bond acceptors (Lipinski definition) is 3. The molecule has 0 aromatic rings. The van der Waals surface area contributed by atoms with Gasteiger partial charge in [0.25, 0.3) is 0 Å². The topological polar surface area (TPSA) is 64.3 Å². The van der Waals surface area contributed by atoms with E-state index in [1.807, 2.05) is 6.92 Å². The van der Waals surface area contributed by atoms with Crippen LogP contribution in [0.5, 0.6) is 0 Å². The van der Waals surface area contributed by atoms with E-state index in [1.54, 1.807) is 0 Å². The average Bonchev–Trinajstić information content (AvgIpc) is 1.89. The van der Waals surface area contributed by atoms with E-state index in [0.717, 1.165) is 12.8 Å². The van der Waals surface area contributed by atoms with Gasteiger partial charge in [0.15, 0.2) is 0 Å². The Morgan fingerprint density at radius 3 is 2.90 bits per heavy atom. The van der Waals surface area contributed by atoms with Gasteiger partial charge in [0.2, 0.25) is 0 Å². The van der Waals surface area contributed by atoms with Gasteiger partial charge in [-0.2, -0.15) is 0 Å². The van der Waals surface area contributed by atoms with Crippen molar-refractivity contribution in [2.24, 2.45) is 5.73 Å². The Morgan fingerprint density at radius 2 is 2.40 bits per heavy atom. The molecule has 0 aliphatic rings. The molecule has 0 fully saturated rings. The van der Waals surface area contributed by atoms with E-state index in [0.29, 0.717) is 6.61 Å². The van der Waals surface area contributed by atoms with Crippen molar-refractivity contribution < 1.29 is 9.53 Å². The van der Waals surface area contributed by atoms with Gasteiger partial charge in [0.1, 0.15) is 0 Å². The molecule has 3 N–H and O–H groups in total. The lowest BCUT2D eigenvalue weighted by Crippen LogP contribution is -2.30. The number of hydrogen-bond donors (Lipinski definition) is 2. The Kier molecular flexibility index (Phi) is 5.86. The van der Waals surface area contributed by atoms with Crippen LogP contribution in [0.3, 0.4) is 0 Å². The summed E-state index contributed by atoms with van der Waals surface area (Å²) in [6, 6.07) is 0. The van der Waals surface area contributed by atoms with Gasteiger partial charge in [-0.25, -0.2) is 4.79 Å². The summed E-state index contributed by atoms with van der Waals surface area (Å²) in [6.07, 6.45) is 1.49. The summed E-state index contributed by atoms with van der Waals surface area (Å²) in [5.74, 6) is 0. The van der Waals surface area contributed by atoms with E-state index in [-0.39, 0.29) is 6.67 Å². The van der Waals surface area contributed by atoms with Crippen molar-refractivity contribution >= 4 is 6.09 Å². The van der Waals surface area contributed by atoms with Crippen molar-refractivity contribution in [3.8, 4) is 0 Å². The van der Waals surface area contributed by atoms with Gasteiger partial charge in [-0.05, 0) is 6.42 Å². The van der Waals surface area contributed by atoms with Crippen molar-refractivity contribution in [2.75, 3.05) is 13.3 Å². The van der Waals surface area contributed by atoms with Gasteiger partial charge in [-0.3, -0.25) is 0 Å². The molecule has 0 heterocycles. The highest BCUT2D eigenvalue weighted by atomic mass is 16.5. The number of nitrogens with one attached hydrogen (secondary N) is 1. The predicted molar refractivity (Wildman–Crippen MR) is 38.4 cm³/mol. The number of unbranched alkanes of at least 4 members (excludes halogenated alkanes) is 1. The zero-order valence-electron chi connectivity index (χ0n) is 6.22. The number of alkyl carbamates (subject to hydrolysis) is 1. The largest absolute Gasteiger partial charge is 0.450 e. The first-order valence-electron chi connectivity index (χ1n) is 3.42. The molecular formula is C6H14N2O2. The van der Waals surface area contributed by atoms with Crippen LogP contribution in [0.25, 0.3) is 0 Å². The number of amides is 1. The molecule has 0 rings (SSSR count). The zero-order chi connectivity index (χ0) is 7.82. The highest BCUT2D eigenvalue weighted by molar-refractivity contribution is 5.66. The lowest BCUT2D eigenvalue weighted by atomic mass is 10.4. The summed E-state index contributed by atoms with van der Waals surface area (Å²) in [7, 11) is 0. The van der Waals surface area contributed by atoms with E-state index < -0.39 is 6.09 Å². The lowest BCUT2D eigenvalue weighted by Gasteiger charge is -2.02. The summed E-state index contributed by atoms with van der Waals surface area (Å²) >= 11 is 0. The van der Waals surface area contributed by atoms with Gasteiger partial charge in [-0.15, -0.1) is 0 Å². The van der Waals surface area contributed by atoms with E-state index in [2.05, 4.69) is 5.32 Å². The van der Waals surface area contributed by atoms with Crippen LogP contribution in [0.1, 0.15) is 19.8 Å². The lowest BCUT2D eigenvalue weighted by molar-refractivity contribution is 0.145. The molecule has 0 bridgehead atoms. The molecule has 60 valence electrons. The van der Waals surface area contributed by atoms with Gasteiger partial charge >= 0.3 is 6.09 Å². The first kappa shape index (κ1) is 9.23. The molecule has 0 saturated carbocycles. The number of nitrogens with two attached hydrogens (primary N) is 1. The Labute approximate surface area is 60.7 Å². The van der Waals surface area contributed by atoms with Crippen molar-refractivity contribution in [1.82, 2.24) is 5.32 Å². The van der Waals surface area contributed by atoms with Crippen LogP contribution in [0, 0.1) is 0 Å². The molecule has 0 aliphatic heterocycles. The Hall–Kier alpha value is -0.770. The molecule has 1 amide bonds. The van der Waals surface area contributed by atoms with Crippen LogP contribution in [-0.2, 0) is 4.74 Å². The second-order valence-corrected chi connectivity index (χ2v) is 1.87. The van der Waals surface area contributed by atoms with E-state index >= 15 is 0 Å². The quantitative estimate of drug-likeness (QED) is 0.446. The maximum absolute atomic E-state index is 10.5. The van der Waals surface area contributed by atoms with Crippen molar-refractivity contribution in [3.05, 3.63) is 0 Å². The molecule has 0 saturated heterocycles. The van der Waals surface area contributed by atoms with Crippen molar-refractivity contribution in [3.63, 3.8) is 0 Å². The van der Waals surface area contributed by atoms with Crippen molar-refractivity contribution in [2.45, 2.75) is 19.8 Å². The van der Waals surface area contributed by atoms with Crippen molar-refractivity contribution in [1.29, 1.82) is 0 Å². The second-order valence-electron chi connectivity index (χ2n) is 1.87. The second kappa shape index (κ2) is 6.35. The molecule has 0 aliphatic carbocycles. The molecular weight excluding hydrogens is 132 g/mol. The van der Waals surface area contributed by atoms with E-state index in [9.17, 15) is 4.79 Å². The molecule has 0 aromatic carbocycles. The first-order valence-corrected chi connectivity index (χ1v) is 3.42. The summed E-state index contributed by atoms with van der Waals surface area (Å²) in [6.45, 7) is 2.64. The molecule has 10 heavy (non-hydrogen) atoms. The number of ether oxygens (including phenoxy) is 1. The van der Waals surface area contributed by atoms with Gasteiger partial charge in [-0.1, -0.05) is 13.3 Å². The summed E-state index contributed by atoms with van der Waals surface area (Å²) in [4.78, 5) is 10.5. The maximum Gasteiger partial charge on any atom is 0.408 e. The van der Waals surface area contributed by atoms with E-state index in [1.165, 1.54) is 0 Å². The molecule has 4 heteroatoms. The number of carbonyl (C=O) groups is 1. The summed E-state index contributed by atoms with van der Waals surface area (Å²) in [5.41, 5.74) is 5.02. The first-order chi connectivity index (χ1) is 4.81. The zero-order valence-corrected chi connectivity index (χ0v) is 6.22. The number of carbonyl (C=O) groups excluding carboxylic acids is 1. The smallest absolute Gasteiger partial charge is 0.408 e. The minimum Gasteiger partial charge on any atom is -0.450 e. The standard InChI is InChI=1S/C6H14N2O2/c1-2-3-4-10-6(9)8-5-7/h2-5,7H2,1H3,(H,8,9). The average molecular weight is 146 g/mol. The molecule has 0 atom stereocenters. The van der Waals surface area contributed by atoms with E-state index in [4.69, 9.17) is 10.5 Å². The Balaban J connectivity index is 3.05. The van der Waals surface area contributed by atoms with Gasteiger partial charge < -0.3 is 15.8 Å². The summed E-state index contributed by atoms with van der Waals surface area (Å²) < 4.78 is 4.69. The third kappa shape index (κ3) is 5.37. The SMILES string of the molecule is CCCCOC(=O)NCN. The highest BCUT2D eigenvalue weighted by Crippen LogP contribution is 1.87. The van der Waals surface area contributed by atoms with Crippen LogP contribution in [-0.4, -0.2) is 19.4 Å². The third-order valence-electron chi connectivity index (χ3n) is 0.977. The maximum atomic E-state index is 10.5. The molecule has 0 unspecified atom stereocenters. The fourth-order valence-corrected chi connectivity index (χ4v) is 0.444. The molecule has 0 aromatic heterocycles. The summed E-state index contributed by atoms with van der Waals surface area (Å²) in [5, 5.41) is 2.32. The minimum absolute atomic E-state index is 0.130. The Bertz CT molecular complexity index is 95.7. The van der Waals surface area contributed by atoms with Crippen LogP contribution >= 0.6 is 0 Å².